The van der Waals surface area contributed by atoms with Crippen LogP contribution < -0.4 is 0 Å². The lowest BCUT2D eigenvalue weighted by atomic mass is 9.99. The van der Waals surface area contributed by atoms with E-state index in [9.17, 15) is 0 Å². The molecule has 1 aliphatic carbocycles. The molecule has 5 heteroatoms. The molecule has 4 nitrogen and oxygen atoms in total. The molecule has 0 bridgehead atoms. The summed E-state index contributed by atoms with van der Waals surface area (Å²) in [5, 5.41) is 1.28. The van der Waals surface area contributed by atoms with Gasteiger partial charge in [-0.2, -0.15) is 0 Å². The van der Waals surface area contributed by atoms with Gasteiger partial charge < -0.3 is 9.30 Å². The lowest BCUT2D eigenvalue weighted by molar-refractivity contribution is 0.193. The molecule has 2 aromatic heterocycles. The van der Waals surface area contributed by atoms with E-state index in [0.717, 1.165) is 38.3 Å². The topological polar surface area (TPSA) is 39.9 Å². The first kappa shape index (κ1) is 16.2. The number of benzene rings is 1. The number of nitrogens with zero attached hydrogens (tertiary/aromatic N) is 3. The van der Waals surface area contributed by atoms with Crippen LogP contribution in [0.15, 0.2) is 36.7 Å². The van der Waals surface area contributed by atoms with Gasteiger partial charge in [0, 0.05) is 35.9 Å². The first-order valence-corrected chi connectivity index (χ1v) is 10.4. The van der Waals surface area contributed by atoms with Gasteiger partial charge in [-0.3, -0.25) is 0 Å². The van der Waals surface area contributed by atoms with Gasteiger partial charge in [-0.15, -0.1) is 11.3 Å². The molecule has 5 rings (SSSR count). The predicted molar refractivity (Wildman–Crippen MR) is 104 cm³/mol. The lowest BCUT2D eigenvalue weighted by Crippen LogP contribution is -2.10. The van der Waals surface area contributed by atoms with E-state index in [0.29, 0.717) is 5.92 Å². The van der Waals surface area contributed by atoms with Crippen molar-refractivity contribution in [2.45, 2.75) is 44.6 Å². The van der Waals surface area contributed by atoms with E-state index in [1.807, 2.05) is 17.7 Å². The summed E-state index contributed by atoms with van der Waals surface area (Å²) in [5.41, 5.74) is 4.99. The minimum atomic E-state index is 0.439. The van der Waals surface area contributed by atoms with E-state index in [1.165, 1.54) is 46.1 Å². The maximum atomic E-state index is 5.68. The third-order valence-electron chi connectivity index (χ3n) is 5.45. The van der Waals surface area contributed by atoms with Crippen LogP contribution in [-0.2, 0) is 30.5 Å². The van der Waals surface area contributed by atoms with Crippen LogP contribution in [0.2, 0.25) is 0 Å². The van der Waals surface area contributed by atoms with E-state index in [-0.39, 0.29) is 0 Å². The summed E-state index contributed by atoms with van der Waals surface area (Å²) in [5.74, 6) is 0.439. The van der Waals surface area contributed by atoms with Gasteiger partial charge >= 0.3 is 0 Å². The molecule has 3 heterocycles. The minimum absolute atomic E-state index is 0.439. The molecule has 26 heavy (non-hydrogen) atoms. The molecule has 0 N–H and O–H groups in total. The minimum Gasteiger partial charge on any atom is -0.381 e. The van der Waals surface area contributed by atoms with Crippen molar-refractivity contribution >= 4 is 11.3 Å². The van der Waals surface area contributed by atoms with Gasteiger partial charge in [0.2, 0.25) is 0 Å². The highest BCUT2D eigenvalue weighted by atomic mass is 32.1. The fourth-order valence-corrected chi connectivity index (χ4v) is 5.28. The molecule has 0 spiro atoms. The molecule has 3 aromatic rings. The maximum absolute atomic E-state index is 5.68. The molecular formula is C21H23N3OS. The zero-order valence-corrected chi connectivity index (χ0v) is 15.7. The molecule has 0 radical (unpaired) electrons. The van der Waals surface area contributed by atoms with Gasteiger partial charge in [0.25, 0.3) is 0 Å². The quantitative estimate of drug-likeness (QED) is 0.679. The Labute approximate surface area is 157 Å². The average molecular weight is 366 g/mol. The van der Waals surface area contributed by atoms with Crippen molar-refractivity contribution in [3.05, 3.63) is 57.9 Å². The number of fused-ring (bicyclic) bond motifs is 1. The Kier molecular flexibility index (Phi) is 4.35. The molecule has 0 amide bonds. The Morgan fingerprint density at radius 2 is 2.12 bits per heavy atom. The van der Waals surface area contributed by atoms with Crippen molar-refractivity contribution in [3.63, 3.8) is 0 Å². The van der Waals surface area contributed by atoms with Gasteiger partial charge in [0.15, 0.2) is 0 Å². The highest BCUT2D eigenvalue weighted by Crippen LogP contribution is 2.34. The molecule has 1 saturated heterocycles. The van der Waals surface area contributed by atoms with Crippen LogP contribution in [0.1, 0.15) is 40.0 Å². The van der Waals surface area contributed by atoms with Crippen molar-refractivity contribution in [2.24, 2.45) is 0 Å². The number of imidazole rings is 1. The van der Waals surface area contributed by atoms with Crippen LogP contribution in [-0.4, -0.2) is 27.7 Å². The zero-order chi connectivity index (χ0) is 17.3. The number of thiazole rings is 1. The summed E-state index contributed by atoms with van der Waals surface area (Å²) < 4.78 is 8.02. The van der Waals surface area contributed by atoms with E-state index in [2.05, 4.69) is 34.9 Å². The van der Waals surface area contributed by atoms with Crippen molar-refractivity contribution < 1.29 is 4.74 Å². The number of hydrogen-bond donors (Lipinski definition) is 0. The van der Waals surface area contributed by atoms with Crippen LogP contribution in [0.25, 0.3) is 11.3 Å². The van der Waals surface area contributed by atoms with Crippen LogP contribution in [0.4, 0.5) is 0 Å². The van der Waals surface area contributed by atoms with Crippen molar-refractivity contribution in [2.75, 3.05) is 13.2 Å². The van der Waals surface area contributed by atoms with Crippen LogP contribution in [0.5, 0.6) is 0 Å². The van der Waals surface area contributed by atoms with Crippen LogP contribution in [0.3, 0.4) is 0 Å². The number of hydrogen-bond acceptors (Lipinski definition) is 4. The highest BCUT2D eigenvalue weighted by Gasteiger charge is 2.26. The molecule has 2 aliphatic rings. The first-order valence-electron chi connectivity index (χ1n) is 9.54. The second kappa shape index (κ2) is 6.97. The molecule has 134 valence electrons. The zero-order valence-electron chi connectivity index (χ0n) is 14.9. The number of rotatable bonds is 5. The van der Waals surface area contributed by atoms with E-state index >= 15 is 0 Å². The van der Waals surface area contributed by atoms with Crippen LogP contribution >= 0.6 is 11.3 Å². The molecule has 1 aliphatic heterocycles. The second-order valence-corrected chi connectivity index (χ2v) is 8.35. The van der Waals surface area contributed by atoms with E-state index in [4.69, 9.17) is 14.7 Å². The van der Waals surface area contributed by atoms with E-state index in [1.54, 1.807) is 0 Å². The predicted octanol–water partition coefficient (Wildman–Crippen LogP) is 4.24. The highest BCUT2D eigenvalue weighted by molar-refractivity contribution is 7.11. The maximum Gasteiger partial charge on any atom is 0.0956 e. The van der Waals surface area contributed by atoms with Gasteiger partial charge in [0.05, 0.1) is 35.0 Å². The standard InChI is InChI=1S/C21H23N3OS/c1-2-5-15(6-3-1)20-21(16-10-12-25-13-16)24(14-22-20)11-9-19-23-17-7-4-8-18(17)26-19/h1-3,5-6,14,16H,4,7-13H2. The molecule has 1 fully saturated rings. The van der Waals surface area contributed by atoms with Gasteiger partial charge in [-0.25, -0.2) is 9.97 Å². The molecular weight excluding hydrogens is 342 g/mol. The monoisotopic (exact) mass is 365 g/mol. The SMILES string of the molecule is c1ccc(-c2ncn(CCc3nc4c(s3)CCC4)c2C2CCOC2)cc1. The van der Waals surface area contributed by atoms with Gasteiger partial charge in [-0.1, -0.05) is 30.3 Å². The van der Waals surface area contributed by atoms with Crippen LogP contribution in [0, 0.1) is 0 Å². The van der Waals surface area contributed by atoms with Gasteiger partial charge in [0.1, 0.15) is 0 Å². The molecule has 1 unspecified atom stereocenters. The van der Waals surface area contributed by atoms with Gasteiger partial charge in [-0.05, 0) is 25.7 Å². The summed E-state index contributed by atoms with van der Waals surface area (Å²) in [4.78, 5) is 11.2. The molecule has 1 atom stereocenters. The van der Waals surface area contributed by atoms with Crippen molar-refractivity contribution in [1.82, 2.24) is 14.5 Å². The smallest absolute Gasteiger partial charge is 0.0956 e. The normalized spacial score (nSPS) is 19.2. The van der Waals surface area contributed by atoms with E-state index < -0.39 is 0 Å². The largest absolute Gasteiger partial charge is 0.381 e. The summed E-state index contributed by atoms with van der Waals surface area (Å²) in [6.07, 6.45) is 7.75. The second-order valence-electron chi connectivity index (χ2n) is 7.18. The summed E-state index contributed by atoms with van der Waals surface area (Å²) in [6.45, 7) is 2.60. The lowest BCUT2D eigenvalue weighted by Gasteiger charge is -2.14. The summed E-state index contributed by atoms with van der Waals surface area (Å²) in [7, 11) is 0. The first-order chi connectivity index (χ1) is 12.9. The fraction of sp³-hybridized carbons (Fsp3) is 0.429. The Hall–Kier alpha value is -1.98. The number of aryl methyl sites for hydroxylation is 4. The number of aromatic nitrogens is 3. The molecule has 1 aromatic carbocycles. The summed E-state index contributed by atoms with van der Waals surface area (Å²) >= 11 is 1.91. The van der Waals surface area contributed by atoms with Crippen molar-refractivity contribution in [3.8, 4) is 11.3 Å². The number of ether oxygens (including phenoxy) is 1. The Morgan fingerprint density at radius 3 is 2.92 bits per heavy atom. The Balaban J connectivity index is 1.43. The third kappa shape index (κ3) is 2.99. The average Bonchev–Trinajstić information content (AvgIpc) is 3.42. The van der Waals surface area contributed by atoms with Crippen molar-refractivity contribution in [1.29, 1.82) is 0 Å². The Bertz CT molecular complexity index is 872. The fourth-order valence-electron chi connectivity index (χ4n) is 4.13. The summed E-state index contributed by atoms with van der Waals surface area (Å²) in [6, 6.07) is 10.5. The third-order valence-corrected chi connectivity index (χ3v) is 6.67. The molecule has 0 saturated carbocycles. The Morgan fingerprint density at radius 1 is 1.19 bits per heavy atom.